The van der Waals surface area contributed by atoms with Crippen LogP contribution in [0.5, 0.6) is 11.5 Å². The van der Waals surface area contributed by atoms with Crippen molar-refractivity contribution >= 4 is 22.8 Å². The zero-order valence-corrected chi connectivity index (χ0v) is 21.3. The Bertz CT molecular complexity index is 1280. The zero-order chi connectivity index (χ0) is 25.3. The molecular weight excluding hydrogens is 456 g/mol. The number of hydrogen-bond donors (Lipinski definition) is 1. The molecule has 0 bridgehead atoms. The van der Waals surface area contributed by atoms with Gasteiger partial charge in [0.2, 0.25) is 5.91 Å². The van der Waals surface area contributed by atoms with E-state index in [2.05, 4.69) is 10.3 Å². The van der Waals surface area contributed by atoms with Crippen LogP contribution in [0.3, 0.4) is 0 Å². The Morgan fingerprint density at radius 3 is 2.58 bits per heavy atom. The first-order valence-corrected chi connectivity index (χ1v) is 12.7. The molecule has 36 heavy (non-hydrogen) atoms. The predicted octanol–water partition coefficient (Wildman–Crippen LogP) is 3.96. The van der Waals surface area contributed by atoms with Gasteiger partial charge in [-0.05, 0) is 56.0 Å². The topological polar surface area (TPSA) is 85.7 Å². The molecule has 3 aromatic rings. The number of aromatic nitrogens is 2. The summed E-state index contributed by atoms with van der Waals surface area (Å²) in [5.41, 5.74) is 1.59. The molecule has 2 aliphatic rings. The van der Waals surface area contributed by atoms with Gasteiger partial charge in [-0.15, -0.1) is 0 Å². The van der Waals surface area contributed by atoms with E-state index < -0.39 is 5.54 Å². The number of rotatable bonds is 7. The highest BCUT2D eigenvalue weighted by molar-refractivity contribution is 6.01. The second-order valence-corrected chi connectivity index (χ2v) is 9.99. The second kappa shape index (κ2) is 9.84. The molecule has 1 fully saturated rings. The van der Waals surface area contributed by atoms with Gasteiger partial charge in [0.25, 0.3) is 5.91 Å². The third kappa shape index (κ3) is 4.29. The zero-order valence-electron chi connectivity index (χ0n) is 21.3. The Balaban J connectivity index is 1.47. The molecule has 0 spiro atoms. The van der Waals surface area contributed by atoms with Gasteiger partial charge >= 0.3 is 0 Å². The number of carbonyl (C=O) groups excluding carboxylic acids is 2. The van der Waals surface area contributed by atoms with Gasteiger partial charge in [-0.25, -0.2) is 4.98 Å². The summed E-state index contributed by atoms with van der Waals surface area (Å²) in [4.78, 5) is 34.0. The summed E-state index contributed by atoms with van der Waals surface area (Å²) in [5.74, 6) is 1.35. The smallest absolute Gasteiger partial charge is 0.290 e. The summed E-state index contributed by atoms with van der Waals surface area (Å²) in [7, 11) is 3.21. The number of nitrogens with one attached hydrogen (secondary N) is 1. The number of fused-ring (bicyclic) bond motifs is 3. The second-order valence-electron chi connectivity index (χ2n) is 9.99. The lowest BCUT2D eigenvalue weighted by atomic mass is 9.91. The molecule has 8 nitrogen and oxygen atoms in total. The van der Waals surface area contributed by atoms with E-state index in [-0.39, 0.29) is 17.9 Å². The summed E-state index contributed by atoms with van der Waals surface area (Å²) < 4.78 is 12.7. The van der Waals surface area contributed by atoms with Crippen molar-refractivity contribution in [3.05, 3.63) is 53.9 Å². The van der Waals surface area contributed by atoms with Crippen molar-refractivity contribution < 1.29 is 19.1 Å². The predicted molar refractivity (Wildman–Crippen MR) is 137 cm³/mol. The van der Waals surface area contributed by atoms with Gasteiger partial charge in [-0.2, -0.15) is 0 Å². The van der Waals surface area contributed by atoms with E-state index in [1.54, 1.807) is 19.1 Å². The normalized spacial score (nSPS) is 20.3. The van der Waals surface area contributed by atoms with Gasteiger partial charge in [0.05, 0.1) is 31.8 Å². The first-order chi connectivity index (χ1) is 17.4. The maximum Gasteiger partial charge on any atom is 0.290 e. The molecule has 8 heteroatoms. The van der Waals surface area contributed by atoms with Crippen molar-refractivity contribution in [1.82, 2.24) is 19.8 Å². The molecule has 1 saturated carbocycles. The number of hydrogen-bond acceptors (Lipinski definition) is 5. The van der Waals surface area contributed by atoms with Gasteiger partial charge in [0, 0.05) is 12.6 Å². The number of carbonyl (C=O) groups is 2. The molecule has 1 atom stereocenters. The number of imidazole rings is 1. The fraction of sp³-hybridized carbons (Fsp3) is 0.464. The molecule has 1 N–H and O–H groups in total. The number of ether oxygens (including phenoxy) is 2. The van der Waals surface area contributed by atoms with E-state index in [1.807, 2.05) is 54.0 Å². The lowest BCUT2D eigenvalue weighted by molar-refractivity contribution is -0.133. The molecule has 190 valence electrons. The summed E-state index contributed by atoms with van der Waals surface area (Å²) in [6, 6.07) is 13.6. The highest BCUT2D eigenvalue weighted by atomic mass is 16.5. The molecule has 5 rings (SSSR count). The first kappa shape index (κ1) is 24.2. The van der Waals surface area contributed by atoms with E-state index >= 15 is 0 Å². The minimum Gasteiger partial charge on any atom is -0.493 e. The molecule has 2 aromatic carbocycles. The molecule has 0 radical (unpaired) electrons. The molecule has 0 saturated heterocycles. The van der Waals surface area contributed by atoms with E-state index in [0.717, 1.165) is 42.3 Å². The molecule has 1 aromatic heterocycles. The van der Waals surface area contributed by atoms with Gasteiger partial charge in [0.15, 0.2) is 17.3 Å². The van der Waals surface area contributed by atoms with Crippen LogP contribution >= 0.6 is 0 Å². The lowest BCUT2D eigenvalue weighted by Crippen LogP contribution is -2.65. The summed E-state index contributed by atoms with van der Waals surface area (Å²) >= 11 is 0. The van der Waals surface area contributed by atoms with E-state index in [0.29, 0.717) is 36.8 Å². The van der Waals surface area contributed by atoms with Crippen molar-refractivity contribution in [3.8, 4) is 11.5 Å². The van der Waals surface area contributed by atoms with Crippen LogP contribution in [0, 0.1) is 0 Å². The first-order valence-electron chi connectivity index (χ1n) is 12.7. The van der Waals surface area contributed by atoms with Crippen LogP contribution in [0.1, 0.15) is 55.2 Å². The quantitative estimate of drug-likeness (QED) is 0.542. The van der Waals surface area contributed by atoms with E-state index in [1.165, 1.54) is 6.42 Å². The fourth-order valence-corrected chi connectivity index (χ4v) is 5.54. The minimum absolute atomic E-state index is 0.0986. The highest BCUT2D eigenvalue weighted by Crippen LogP contribution is 2.32. The Labute approximate surface area is 211 Å². The average molecular weight is 491 g/mol. The number of methoxy groups -OCH3 is 2. The molecule has 1 aliphatic heterocycles. The Hall–Kier alpha value is -3.55. The Morgan fingerprint density at radius 2 is 1.83 bits per heavy atom. The maximum atomic E-state index is 13.9. The van der Waals surface area contributed by atoms with Crippen LogP contribution in [0.4, 0.5) is 0 Å². The van der Waals surface area contributed by atoms with Crippen LogP contribution in [-0.2, 0) is 17.8 Å². The number of amides is 2. The standard InChI is InChI=1S/C28H34N4O4/c1-28(27(34)29-20-9-5-4-6-10-20)18-31-22-12-8-7-11-21(22)30-25(31)26(33)32(28)16-15-19-13-14-23(35-2)24(17-19)36-3/h7-8,11-14,17,20H,4-6,9-10,15-16,18H2,1-3H3,(H,29,34)/t28-/m1/s1. The van der Waals surface area contributed by atoms with Crippen LogP contribution < -0.4 is 14.8 Å². The van der Waals surface area contributed by atoms with Crippen molar-refractivity contribution in [3.63, 3.8) is 0 Å². The van der Waals surface area contributed by atoms with E-state index in [4.69, 9.17) is 9.47 Å². The van der Waals surface area contributed by atoms with Crippen LogP contribution in [0.2, 0.25) is 0 Å². The number of nitrogens with zero attached hydrogens (tertiary/aromatic N) is 3. The summed E-state index contributed by atoms with van der Waals surface area (Å²) in [6.45, 7) is 2.63. The Morgan fingerprint density at radius 1 is 1.08 bits per heavy atom. The van der Waals surface area contributed by atoms with Gasteiger partial charge in [-0.1, -0.05) is 37.5 Å². The molecular formula is C28H34N4O4. The van der Waals surface area contributed by atoms with Gasteiger partial charge in [0.1, 0.15) is 5.54 Å². The van der Waals surface area contributed by atoms with Crippen molar-refractivity contribution in [2.75, 3.05) is 20.8 Å². The summed E-state index contributed by atoms with van der Waals surface area (Å²) in [6.07, 6.45) is 6.00. The van der Waals surface area contributed by atoms with Crippen molar-refractivity contribution in [2.24, 2.45) is 0 Å². The van der Waals surface area contributed by atoms with Crippen molar-refractivity contribution in [2.45, 2.75) is 63.6 Å². The minimum atomic E-state index is -1.04. The van der Waals surface area contributed by atoms with Crippen LogP contribution in [-0.4, -0.2) is 58.6 Å². The third-order valence-corrected chi connectivity index (χ3v) is 7.65. The summed E-state index contributed by atoms with van der Waals surface area (Å²) in [5, 5.41) is 3.28. The number of para-hydroxylation sites is 2. The van der Waals surface area contributed by atoms with Crippen molar-refractivity contribution in [1.29, 1.82) is 0 Å². The van der Waals surface area contributed by atoms with Crippen LogP contribution in [0.15, 0.2) is 42.5 Å². The van der Waals surface area contributed by atoms with E-state index in [9.17, 15) is 9.59 Å². The highest BCUT2D eigenvalue weighted by Gasteiger charge is 2.48. The van der Waals surface area contributed by atoms with Crippen LogP contribution in [0.25, 0.3) is 11.0 Å². The van der Waals surface area contributed by atoms with Gasteiger partial charge in [-0.3, -0.25) is 9.59 Å². The van der Waals surface area contributed by atoms with Gasteiger partial charge < -0.3 is 24.3 Å². The Kier molecular flexibility index (Phi) is 6.60. The fourth-order valence-electron chi connectivity index (χ4n) is 5.54. The molecule has 1 aliphatic carbocycles. The lowest BCUT2D eigenvalue weighted by Gasteiger charge is -2.44. The largest absolute Gasteiger partial charge is 0.493 e. The average Bonchev–Trinajstić information content (AvgIpc) is 3.27. The maximum absolute atomic E-state index is 13.9. The third-order valence-electron chi connectivity index (χ3n) is 7.65. The number of benzene rings is 2. The SMILES string of the molecule is COc1ccc(CCN2C(=O)c3nc4ccccc4n3C[C@]2(C)C(=O)NC2CCCCC2)cc1OC. The monoisotopic (exact) mass is 490 g/mol. The molecule has 2 heterocycles. The molecule has 2 amide bonds. The molecule has 0 unspecified atom stereocenters.